The number of morpholine rings is 1. The predicted octanol–water partition coefficient (Wildman–Crippen LogP) is 2.85. The standard InChI is InChI=1S/C22H29FN2O3/c23-21-4-2-1-3-20(21)22-6-5-19(28-22)15-25-13-17(11-18(14-25)16-26)12-24-7-9-27-10-8-24/h1-6,17-18,26H,7-16H2/t17-,18-/m1/s1. The van der Waals surface area contributed by atoms with Crippen molar-refractivity contribution in [2.75, 3.05) is 52.5 Å². The normalized spacial score (nSPS) is 24.5. The smallest absolute Gasteiger partial charge is 0.137 e. The van der Waals surface area contributed by atoms with Gasteiger partial charge in [0.05, 0.1) is 25.3 Å². The molecule has 2 aromatic rings. The van der Waals surface area contributed by atoms with E-state index in [1.807, 2.05) is 18.2 Å². The van der Waals surface area contributed by atoms with Gasteiger partial charge in [0, 0.05) is 39.3 Å². The molecule has 1 N–H and O–H groups in total. The van der Waals surface area contributed by atoms with Gasteiger partial charge in [-0.1, -0.05) is 12.1 Å². The zero-order valence-electron chi connectivity index (χ0n) is 16.2. The second-order valence-electron chi connectivity index (χ2n) is 8.00. The molecule has 0 amide bonds. The zero-order valence-corrected chi connectivity index (χ0v) is 16.2. The van der Waals surface area contributed by atoms with Gasteiger partial charge in [-0.05, 0) is 42.5 Å². The van der Waals surface area contributed by atoms with Crippen LogP contribution in [-0.4, -0.2) is 67.5 Å². The van der Waals surface area contributed by atoms with Gasteiger partial charge in [0.1, 0.15) is 17.3 Å². The number of furan rings is 1. The van der Waals surface area contributed by atoms with E-state index < -0.39 is 0 Å². The maximum Gasteiger partial charge on any atom is 0.137 e. The van der Waals surface area contributed by atoms with Crippen molar-refractivity contribution in [2.24, 2.45) is 11.8 Å². The van der Waals surface area contributed by atoms with E-state index in [0.717, 1.165) is 58.1 Å². The maximum atomic E-state index is 14.0. The minimum Gasteiger partial charge on any atom is -0.460 e. The number of piperidine rings is 1. The van der Waals surface area contributed by atoms with E-state index in [-0.39, 0.29) is 12.4 Å². The molecule has 2 aliphatic rings. The van der Waals surface area contributed by atoms with Crippen LogP contribution >= 0.6 is 0 Å². The number of ether oxygens (including phenoxy) is 1. The van der Waals surface area contributed by atoms with Crippen molar-refractivity contribution >= 4 is 0 Å². The maximum absolute atomic E-state index is 14.0. The summed E-state index contributed by atoms with van der Waals surface area (Å²) in [4.78, 5) is 4.83. The molecular weight excluding hydrogens is 359 g/mol. The Labute approximate surface area is 165 Å². The molecule has 3 heterocycles. The number of aliphatic hydroxyl groups is 1. The number of hydrogen-bond donors (Lipinski definition) is 1. The molecule has 2 saturated heterocycles. The fraction of sp³-hybridized carbons (Fsp3) is 0.545. The highest BCUT2D eigenvalue weighted by molar-refractivity contribution is 5.58. The number of nitrogens with zero attached hydrogens (tertiary/aromatic N) is 2. The Bertz CT molecular complexity index is 760. The van der Waals surface area contributed by atoms with Crippen molar-refractivity contribution in [3.8, 4) is 11.3 Å². The first kappa shape index (κ1) is 19.6. The lowest BCUT2D eigenvalue weighted by Gasteiger charge is -2.39. The van der Waals surface area contributed by atoms with Crippen molar-refractivity contribution < 1.29 is 18.7 Å². The molecule has 0 unspecified atom stereocenters. The number of aliphatic hydroxyl groups excluding tert-OH is 1. The van der Waals surface area contributed by atoms with Crippen molar-refractivity contribution in [3.63, 3.8) is 0 Å². The van der Waals surface area contributed by atoms with Gasteiger partial charge in [-0.25, -0.2) is 4.39 Å². The SMILES string of the molecule is OC[C@@H]1C[C@H](CN2CCOCC2)CN(Cc2ccc(-c3ccccc3F)o2)C1. The van der Waals surface area contributed by atoms with E-state index >= 15 is 0 Å². The van der Waals surface area contributed by atoms with E-state index in [2.05, 4.69) is 9.80 Å². The quantitative estimate of drug-likeness (QED) is 0.825. The third-order valence-electron chi connectivity index (χ3n) is 5.76. The largest absolute Gasteiger partial charge is 0.460 e. The van der Waals surface area contributed by atoms with Crippen LogP contribution in [0, 0.1) is 17.7 Å². The summed E-state index contributed by atoms with van der Waals surface area (Å²) in [5.41, 5.74) is 0.492. The van der Waals surface area contributed by atoms with Crippen LogP contribution in [0.25, 0.3) is 11.3 Å². The van der Waals surface area contributed by atoms with E-state index in [1.54, 1.807) is 12.1 Å². The molecule has 0 spiro atoms. The third kappa shape index (κ3) is 4.81. The third-order valence-corrected chi connectivity index (χ3v) is 5.76. The van der Waals surface area contributed by atoms with E-state index in [4.69, 9.17) is 9.15 Å². The molecule has 0 aliphatic carbocycles. The molecule has 2 fully saturated rings. The average molecular weight is 388 g/mol. The fourth-order valence-electron chi connectivity index (χ4n) is 4.46. The summed E-state index contributed by atoms with van der Waals surface area (Å²) in [6, 6.07) is 10.4. The monoisotopic (exact) mass is 388 g/mol. The van der Waals surface area contributed by atoms with Crippen molar-refractivity contribution in [3.05, 3.63) is 48.0 Å². The van der Waals surface area contributed by atoms with Gasteiger partial charge in [-0.3, -0.25) is 9.80 Å². The summed E-state index contributed by atoms with van der Waals surface area (Å²) in [6.07, 6.45) is 1.06. The summed E-state index contributed by atoms with van der Waals surface area (Å²) in [5, 5.41) is 9.76. The second-order valence-corrected chi connectivity index (χ2v) is 8.00. The molecule has 2 aliphatic heterocycles. The molecule has 28 heavy (non-hydrogen) atoms. The van der Waals surface area contributed by atoms with Crippen molar-refractivity contribution in [2.45, 2.75) is 13.0 Å². The number of benzene rings is 1. The Morgan fingerprint density at radius 2 is 1.79 bits per heavy atom. The molecule has 152 valence electrons. The minimum absolute atomic E-state index is 0.217. The van der Waals surface area contributed by atoms with E-state index in [9.17, 15) is 9.50 Å². The van der Waals surface area contributed by atoms with Gasteiger partial charge in [-0.2, -0.15) is 0 Å². The molecule has 2 atom stereocenters. The summed E-state index contributed by atoms with van der Waals surface area (Å²) in [7, 11) is 0. The van der Waals surface area contributed by atoms with Crippen LogP contribution in [-0.2, 0) is 11.3 Å². The Kier molecular flexibility index (Phi) is 6.42. The Morgan fingerprint density at radius 1 is 1.00 bits per heavy atom. The van der Waals surface area contributed by atoms with Crippen molar-refractivity contribution in [1.29, 1.82) is 0 Å². The van der Waals surface area contributed by atoms with Gasteiger partial charge in [0.15, 0.2) is 0 Å². The predicted molar refractivity (Wildman–Crippen MR) is 105 cm³/mol. The molecular formula is C22H29FN2O3. The number of rotatable bonds is 6. The lowest BCUT2D eigenvalue weighted by atomic mass is 9.89. The molecule has 0 saturated carbocycles. The van der Waals surface area contributed by atoms with Crippen LogP contribution in [0.15, 0.2) is 40.8 Å². The van der Waals surface area contributed by atoms with Crippen LogP contribution < -0.4 is 0 Å². The highest BCUT2D eigenvalue weighted by Gasteiger charge is 2.29. The number of hydrogen-bond acceptors (Lipinski definition) is 5. The van der Waals surface area contributed by atoms with Crippen LogP contribution in [0.3, 0.4) is 0 Å². The summed E-state index contributed by atoms with van der Waals surface area (Å²) in [6.45, 7) is 7.41. The highest BCUT2D eigenvalue weighted by atomic mass is 19.1. The van der Waals surface area contributed by atoms with Crippen LogP contribution in [0.4, 0.5) is 4.39 Å². The van der Waals surface area contributed by atoms with E-state index in [0.29, 0.717) is 29.7 Å². The van der Waals surface area contributed by atoms with Crippen molar-refractivity contribution in [1.82, 2.24) is 9.80 Å². The van der Waals surface area contributed by atoms with Crippen LogP contribution in [0.5, 0.6) is 0 Å². The molecule has 0 bridgehead atoms. The lowest BCUT2D eigenvalue weighted by molar-refractivity contribution is 0.0109. The molecule has 6 heteroatoms. The molecule has 1 aromatic heterocycles. The minimum atomic E-state index is -0.271. The van der Waals surface area contributed by atoms with Gasteiger partial charge < -0.3 is 14.3 Å². The summed E-state index contributed by atoms with van der Waals surface area (Å²) >= 11 is 0. The number of halogens is 1. The molecule has 5 nitrogen and oxygen atoms in total. The Morgan fingerprint density at radius 3 is 2.57 bits per heavy atom. The second kappa shape index (κ2) is 9.18. The number of likely N-dealkylation sites (tertiary alicyclic amines) is 1. The Hall–Kier alpha value is -1.73. The molecule has 0 radical (unpaired) electrons. The highest BCUT2D eigenvalue weighted by Crippen LogP contribution is 2.28. The first-order chi connectivity index (χ1) is 13.7. The summed E-state index contributed by atoms with van der Waals surface area (Å²) in [5.74, 6) is 1.95. The Balaban J connectivity index is 1.39. The molecule has 4 rings (SSSR count). The van der Waals surface area contributed by atoms with Gasteiger partial charge in [0.2, 0.25) is 0 Å². The van der Waals surface area contributed by atoms with Gasteiger partial charge in [-0.15, -0.1) is 0 Å². The van der Waals surface area contributed by atoms with Crippen LogP contribution in [0.1, 0.15) is 12.2 Å². The van der Waals surface area contributed by atoms with Gasteiger partial charge >= 0.3 is 0 Å². The molecule has 1 aromatic carbocycles. The van der Waals surface area contributed by atoms with Crippen LogP contribution in [0.2, 0.25) is 0 Å². The fourth-order valence-corrected chi connectivity index (χ4v) is 4.46. The first-order valence-electron chi connectivity index (χ1n) is 10.2. The lowest BCUT2D eigenvalue weighted by Crippen LogP contribution is -2.47. The zero-order chi connectivity index (χ0) is 19.3. The average Bonchev–Trinajstić information content (AvgIpc) is 3.17. The van der Waals surface area contributed by atoms with Gasteiger partial charge in [0.25, 0.3) is 0 Å². The first-order valence-corrected chi connectivity index (χ1v) is 10.2. The summed E-state index contributed by atoms with van der Waals surface area (Å²) < 4.78 is 25.4. The van der Waals surface area contributed by atoms with E-state index in [1.165, 1.54) is 6.07 Å². The topological polar surface area (TPSA) is 49.1 Å².